The first-order valence-corrected chi connectivity index (χ1v) is 6.65. The lowest BCUT2D eigenvalue weighted by atomic mass is 10.5. The normalized spacial score (nSPS) is 14.5. The number of nitriles is 1. The molecule has 1 heterocycles. The molecule has 2 rings (SSSR count). The van der Waals surface area contributed by atoms with Crippen LogP contribution in [0, 0.1) is 11.3 Å². The Morgan fingerprint density at radius 2 is 2.44 bits per heavy atom. The largest absolute Gasteiger partial charge is 0.284 e. The topological polar surface area (TPSA) is 69.9 Å². The quantitative estimate of drug-likeness (QED) is 0.604. The molecular formula is C9H10N4OS2. The maximum atomic E-state index is 11.5. The van der Waals surface area contributed by atoms with Crippen LogP contribution in [0.15, 0.2) is 4.34 Å². The van der Waals surface area contributed by atoms with Gasteiger partial charge < -0.3 is 0 Å². The highest BCUT2D eigenvalue weighted by atomic mass is 32.2. The SMILES string of the molecule is CC(=O)N(c1nnc(SCC#N)s1)C1CC1. The molecule has 1 fully saturated rings. The Bertz CT molecular complexity index is 435. The van der Waals surface area contributed by atoms with E-state index in [1.807, 2.05) is 6.07 Å². The summed E-state index contributed by atoms with van der Waals surface area (Å²) in [7, 11) is 0. The van der Waals surface area contributed by atoms with Crippen molar-refractivity contribution < 1.29 is 4.79 Å². The first-order valence-electron chi connectivity index (χ1n) is 4.85. The van der Waals surface area contributed by atoms with Gasteiger partial charge in [-0.2, -0.15) is 5.26 Å². The van der Waals surface area contributed by atoms with Gasteiger partial charge in [-0.25, -0.2) is 0 Å². The maximum absolute atomic E-state index is 11.5. The van der Waals surface area contributed by atoms with Crippen LogP contribution in [0.25, 0.3) is 0 Å². The van der Waals surface area contributed by atoms with Crippen LogP contribution < -0.4 is 4.90 Å². The van der Waals surface area contributed by atoms with Gasteiger partial charge in [0.05, 0.1) is 11.8 Å². The predicted molar refractivity (Wildman–Crippen MR) is 62.4 cm³/mol. The molecule has 1 aromatic rings. The van der Waals surface area contributed by atoms with Gasteiger partial charge in [0, 0.05) is 13.0 Å². The molecule has 0 bridgehead atoms. The van der Waals surface area contributed by atoms with Gasteiger partial charge in [0.2, 0.25) is 11.0 Å². The van der Waals surface area contributed by atoms with E-state index in [2.05, 4.69) is 10.2 Å². The highest BCUT2D eigenvalue weighted by molar-refractivity contribution is 8.01. The molecular weight excluding hydrogens is 244 g/mol. The highest BCUT2D eigenvalue weighted by Crippen LogP contribution is 2.35. The van der Waals surface area contributed by atoms with Crippen LogP contribution in [-0.4, -0.2) is 27.9 Å². The molecule has 0 atom stereocenters. The zero-order valence-corrected chi connectivity index (χ0v) is 10.3. The molecule has 0 aromatic carbocycles. The summed E-state index contributed by atoms with van der Waals surface area (Å²) in [4.78, 5) is 13.2. The number of nitrogens with zero attached hydrogens (tertiary/aromatic N) is 4. The number of hydrogen-bond donors (Lipinski definition) is 0. The molecule has 1 aliphatic carbocycles. The molecule has 84 valence electrons. The number of amides is 1. The van der Waals surface area contributed by atoms with Gasteiger partial charge in [0.1, 0.15) is 0 Å². The van der Waals surface area contributed by atoms with Crippen LogP contribution in [0.2, 0.25) is 0 Å². The first kappa shape index (κ1) is 11.4. The Kier molecular flexibility index (Phi) is 3.41. The van der Waals surface area contributed by atoms with Crippen molar-refractivity contribution >= 4 is 34.1 Å². The Hall–Kier alpha value is -1.13. The van der Waals surface area contributed by atoms with Gasteiger partial charge >= 0.3 is 0 Å². The van der Waals surface area contributed by atoms with Gasteiger partial charge in [-0.1, -0.05) is 23.1 Å². The van der Waals surface area contributed by atoms with Gasteiger partial charge in [0.25, 0.3) is 0 Å². The summed E-state index contributed by atoms with van der Waals surface area (Å²) in [5.74, 6) is 0.369. The van der Waals surface area contributed by atoms with Crippen molar-refractivity contribution in [3.63, 3.8) is 0 Å². The van der Waals surface area contributed by atoms with Crippen LogP contribution >= 0.6 is 23.1 Å². The number of thioether (sulfide) groups is 1. The molecule has 0 saturated heterocycles. The minimum absolute atomic E-state index is 0.00971. The third-order valence-corrected chi connectivity index (χ3v) is 4.04. The van der Waals surface area contributed by atoms with Gasteiger partial charge in [-0.15, -0.1) is 10.2 Å². The standard InChI is InChI=1S/C9H10N4OS2/c1-6(14)13(7-2-3-7)8-11-12-9(16-8)15-5-4-10/h7H,2-3,5H2,1H3. The first-order chi connectivity index (χ1) is 7.72. The summed E-state index contributed by atoms with van der Waals surface area (Å²) in [6.07, 6.45) is 2.08. The zero-order chi connectivity index (χ0) is 11.5. The summed E-state index contributed by atoms with van der Waals surface area (Å²) in [6.45, 7) is 1.54. The molecule has 5 nitrogen and oxygen atoms in total. The van der Waals surface area contributed by atoms with E-state index in [0.29, 0.717) is 16.9 Å². The highest BCUT2D eigenvalue weighted by Gasteiger charge is 2.34. The summed E-state index contributed by atoms with van der Waals surface area (Å²) in [6, 6.07) is 2.34. The van der Waals surface area contributed by atoms with Crippen molar-refractivity contribution in [3.8, 4) is 6.07 Å². The smallest absolute Gasteiger partial charge is 0.225 e. The van der Waals surface area contributed by atoms with Crippen molar-refractivity contribution in [3.05, 3.63) is 0 Å². The van der Waals surface area contributed by atoms with Crippen LogP contribution in [0.1, 0.15) is 19.8 Å². The van der Waals surface area contributed by atoms with Crippen LogP contribution in [0.4, 0.5) is 5.13 Å². The molecule has 1 amide bonds. The van der Waals surface area contributed by atoms with Crippen LogP contribution in [0.3, 0.4) is 0 Å². The number of aromatic nitrogens is 2. The lowest BCUT2D eigenvalue weighted by molar-refractivity contribution is -0.116. The number of rotatable bonds is 4. The summed E-state index contributed by atoms with van der Waals surface area (Å²) >= 11 is 2.72. The molecule has 1 aromatic heterocycles. The number of hydrogen-bond acceptors (Lipinski definition) is 6. The second-order valence-corrected chi connectivity index (χ2v) is 5.60. The summed E-state index contributed by atoms with van der Waals surface area (Å²) in [5.41, 5.74) is 0. The second-order valence-electron chi connectivity index (χ2n) is 3.42. The second kappa shape index (κ2) is 4.80. The number of anilines is 1. The molecule has 0 N–H and O–H groups in total. The average Bonchev–Trinajstić information content (AvgIpc) is 2.95. The van der Waals surface area contributed by atoms with Gasteiger partial charge in [-0.05, 0) is 12.8 Å². The van der Waals surface area contributed by atoms with Crippen LogP contribution in [-0.2, 0) is 4.79 Å². The van der Waals surface area contributed by atoms with Gasteiger partial charge in [0.15, 0.2) is 4.34 Å². The molecule has 1 aliphatic rings. The number of carbonyl (C=O) groups is 1. The Morgan fingerprint density at radius 1 is 1.69 bits per heavy atom. The lowest BCUT2D eigenvalue weighted by Crippen LogP contribution is -2.30. The lowest BCUT2D eigenvalue weighted by Gasteiger charge is -2.15. The Labute approximate surface area is 101 Å². The van der Waals surface area contributed by atoms with E-state index in [1.165, 1.54) is 23.1 Å². The fraction of sp³-hybridized carbons (Fsp3) is 0.556. The summed E-state index contributed by atoms with van der Waals surface area (Å²) < 4.78 is 0.739. The molecule has 0 unspecified atom stereocenters. The Balaban J connectivity index is 2.10. The third kappa shape index (κ3) is 2.51. The Morgan fingerprint density at radius 3 is 3.00 bits per heavy atom. The fourth-order valence-corrected chi connectivity index (χ4v) is 2.95. The van der Waals surface area contributed by atoms with E-state index < -0.39 is 0 Å². The molecule has 16 heavy (non-hydrogen) atoms. The van der Waals surface area contributed by atoms with E-state index in [-0.39, 0.29) is 5.91 Å². The van der Waals surface area contributed by atoms with Gasteiger partial charge in [-0.3, -0.25) is 9.69 Å². The van der Waals surface area contributed by atoms with Crippen molar-refractivity contribution in [2.75, 3.05) is 10.7 Å². The summed E-state index contributed by atoms with van der Waals surface area (Å²) in [5, 5.41) is 17.0. The molecule has 0 spiro atoms. The molecule has 0 radical (unpaired) electrons. The maximum Gasteiger partial charge on any atom is 0.225 e. The number of carbonyl (C=O) groups excluding carboxylic acids is 1. The predicted octanol–water partition coefficient (Wildman–Crippen LogP) is 1.67. The van der Waals surface area contributed by atoms with Crippen molar-refractivity contribution in [1.82, 2.24) is 10.2 Å². The minimum atomic E-state index is 0.00971. The van der Waals surface area contributed by atoms with Crippen molar-refractivity contribution in [2.45, 2.75) is 30.1 Å². The molecule has 7 heteroatoms. The molecule has 0 aliphatic heterocycles. The van der Waals surface area contributed by atoms with E-state index in [4.69, 9.17) is 5.26 Å². The minimum Gasteiger partial charge on any atom is -0.284 e. The van der Waals surface area contributed by atoms with Crippen molar-refractivity contribution in [2.24, 2.45) is 0 Å². The third-order valence-electron chi connectivity index (χ3n) is 2.11. The monoisotopic (exact) mass is 254 g/mol. The van der Waals surface area contributed by atoms with E-state index in [9.17, 15) is 4.79 Å². The van der Waals surface area contributed by atoms with Crippen molar-refractivity contribution in [1.29, 1.82) is 5.26 Å². The fourth-order valence-electron chi connectivity index (χ4n) is 1.33. The van der Waals surface area contributed by atoms with E-state index >= 15 is 0 Å². The van der Waals surface area contributed by atoms with E-state index in [1.54, 1.807) is 11.8 Å². The molecule has 1 saturated carbocycles. The zero-order valence-electron chi connectivity index (χ0n) is 8.71. The van der Waals surface area contributed by atoms with Crippen LogP contribution in [0.5, 0.6) is 0 Å². The van der Waals surface area contributed by atoms with E-state index in [0.717, 1.165) is 17.2 Å². The average molecular weight is 254 g/mol.